The van der Waals surface area contributed by atoms with Crippen LogP contribution in [-0.2, 0) is 10.8 Å². The molecule has 0 aromatic heterocycles. The minimum Gasteiger partial charge on any atom is -0.388 e. The van der Waals surface area contributed by atoms with Gasteiger partial charge in [0.25, 0.3) is 0 Å². The summed E-state index contributed by atoms with van der Waals surface area (Å²) in [4.78, 5) is 4.75. The Balaban J connectivity index is 2.19. The van der Waals surface area contributed by atoms with E-state index in [1.54, 1.807) is 6.07 Å². The number of aliphatic hydroxyl groups excluding tert-OH is 1. The fourth-order valence-electron chi connectivity index (χ4n) is 1.73. The lowest BCUT2D eigenvalue weighted by molar-refractivity contribution is 0.164. The molecule has 16 heavy (non-hydrogen) atoms. The molecule has 0 spiro atoms. The van der Waals surface area contributed by atoms with Crippen molar-refractivity contribution in [3.63, 3.8) is 0 Å². The number of fused-ring (bicyclic) bond motifs is 1. The molecule has 0 fully saturated rings. The average Bonchev–Trinajstić information content (AvgIpc) is 2.67. The SMILES string of the molecule is CCCCC(O)c1ccc2c(c1)S(=O)C=N2. The summed E-state index contributed by atoms with van der Waals surface area (Å²) in [6.07, 6.45) is 2.36. The quantitative estimate of drug-likeness (QED) is 0.875. The van der Waals surface area contributed by atoms with Crippen molar-refractivity contribution in [1.29, 1.82) is 0 Å². The van der Waals surface area contributed by atoms with E-state index in [9.17, 15) is 9.32 Å². The monoisotopic (exact) mass is 237 g/mol. The van der Waals surface area contributed by atoms with Crippen molar-refractivity contribution >= 4 is 22.0 Å². The number of benzene rings is 1. The van der Waals surface area contributed by atoms with Crippen LogP contribution < -0.4 is 0 Å². The number of hydrogen-bond acceptors (Lipinski definition) is 3. The molecule has 4 heteroatoms. The lowest BCUT2D eigenvalue weighted by Gasteiger charge is -2.11. The molecule has 86 valence electrons. The number of rotatable bonds is 4. The van der Waals surface area contributed by atoms with Gasteiger partial charge in [-0.3, -0.25) is 0 Å². The topological polar surface area (TPSA) is 49.7 Å². The van der Waals surface area contributed by atoms with Gasteiger partial charge < -0.3 is 5.11 Å². The minimum absolute atomic E-state index is 0.456. The van der Waals surface area contributed by atoms with Crippen molar-refractivity contribution < 1.29 is 9.32 Å². The summed E-state index contributed by atoms with van der Waals surface area (Å²) in [5.41, 5.74) is 3.03. The zero-order valence-corrected chi connectivity index (χ0v) is 10.0. The van der Waals surface area contributed by atoms with E-state index in [2.05, 4.69) is 11.9 Å². The van der Waals surface area contributed by atoms with Gasteiger partial charge in [0.1, 0.15) is 0 Å². The highest BCUT2D eigenvalue weighted by Crippen LogP contribution is 2.31. The van der Waals surface area contributed by atoms with Crippen LogP contribution in [0, 0.1) is 0 Å². The summed E-state index contributed by atoms with van der Waals surface area (Å²) < 4.78 is 11.5. The Labute approximate surface area is 97.7 Å². The molecule has 1 aliphatic rings. The highest BCUT2D eigenvalue weighted by atomic mass is 32.2. The molecule has 1 N–H and O–H groups in total. The number of unbranched alkanes of at least 4 members (excludes halogenated alkanes) is 1. The van der Waals surface area contributed by atoms with Crippen LogP contribution in [0.25, 0.3) is 0 Å². The summed E-state index contributed by atoms with van der Waals surface area (Å²) in [7, 11) is -1.13. The van der Waals surface area contributed by atoms with Crippen molar-refractivity contribution in [3.05, 3.63) is 23.8 Å². The summed E-state index contributed by atoms with van der Waals surface area (Å²) >= 11 is 0. The van der Waals surface area contributed by atoms with E-state index in [1.807, 2.05) is 12.1 Å². The van der Waals surface area contributed by atoms with Gasteiger partial charge in [-0.25, -0.2) is 9.20 Å². The van der Waals surface area contributed by atoms with Crippen LogP contribution in [-0.4, -0.2) is 14.9 Å². The van der Waals surface area contributed by atoms with E-state index < -0.39 is 16.9 Å². The highest BCUT2D eigenvalue weighted by molar-refractivity contribution is 7.99. The normalized spacial score (nSPS) is 19.8. The molecule has 0 amide bonds. The molecular formula is C12H15NO2S. The Kier molecular flexibility index (Phi) is 3.51. The number of nitrogens with zero attached hydrogens (tertiary/aromatic N) is 1. The van der Waals surface area contributed by atoms with E-state index >= 15 is 0 Å². The third kappa shape index (κ3) is 2.23. The van der Waals surface area contributed by atoms with E-state index in [0.29, 0.717) is 4.90 Å². The fraction of sp³-hybridized carbons (Fsp3) is 0.417. The first-order chi connectivity index (χ1) is 7.72. The molecular weight excluding hydrogens is 222 g/mol. The van der Waals surface area contributed by atoms with Crippen molar-refractivity contribution in [2.24, 2.45) is 4.99 Å². The van der Waals surface area contributed by atoms with Gasteiger partial charge in [-0.1, -0.05) is 25.8 Å². The molecule has 1 aromatic carbocycles. The predicted molar refractivity (Wildman–Crippen MR) is 65.5 cm³/mol. The van der Waals surface area contributed by atoms with E-state index in [1.165, 1.54) is 5.55 Å². The lowest BCUT2D eigenvalue weighted by Crippen LogP contribution is -1.98. The molecule has 2 atom stereocenters. The van der Waals surface area contributed by atoms with E-state index in [4.69, 9.17) is 0 Å². The van der Waals surface area contributed by atoms with Crippen LogP contribution in [0.15, 0.2) is 28.1 Å². The molecule has 2 unspecified atom stereocenters. The molecule has 0 bridgehead atoms. The predicted octanol–water partition coefficient (Wildman–Crippen LogP) is 2.69. The molecule has 0 aliphatic carbocycles. The van der Waals surface area contributed by atoms with Crippen LogP contribution in [0.4, 0.5) is 5.69 Å². The van der Waals surface area contributed by atoms with Crippen LogP contribution >= 0.6 is 0 Å². The largest absolute Gasteiger partial charge is 0.388 e. The van der Waals surface area contributed by atoms with Gasteiger partial charge in [-0.15, -0.1) is 0 Å². The van der Waals surface area contributed by atoms with Gasteiger partial charge in [-0.2, -0.15) is 0 Å². The first-order valence-electron chi connectivity index (χ1n) is 5.49. The Morgan fingerprint density at radius 3 is 3.06 bits per heavy atom. The smallest absolute Gasteiger partial charge is 0.0984 e. The zero-order valence-electron chi connectivity index (χ0n) is 9.22. The van der Waals surface area contributed by atoms with E-state index in [0.717, 1.165) is 30.5 Å². The fourth-order valence-corrected chi connectivity index (χ4v) is 2.63. The van der Waals surface area contributed by atoms with Crippen molar-refractivity contribution in [2.75, 3.05) is 0 Å². The molecule has 1 heterocycles. The number of aliphatic hydroxyl groups is 1. The maximum atomic E-state index is 11.5. The van der Waals surface area contributed by atoms with Gasteiger partial charge >= 0.3 is 0 Å². The second-order valence-electron chi connectivity index (χ2n) is 3.92. The Hall–Kier alpha value is -1.00. The van der Waals surface area contributed by atoms with Crippen molar-refractivity contribution in [2.45, 2.75) is 37.2 Å². The van der Waals surface area contributed by atoms with Crippen molar-refractivity contribution in [3.8, 4) is 0 Å². The molecule has 2 rings (SSSR count). The zero-order chi connectivity index (χ0) is 11.5. The second-order valence-corrected chi connectivity index (χ2v) is 5.16. The molecule has 0 saturated carbocycles. The minimum atomic E-state index is -1.13. The molecule has 0 radical (unpaired) electrons. The Morgan fingerprint density at radius 1 is 1.50 bits per heavy atom. The van der Waals surface area contributed by atoms with Gasteiger partial charge in [0.05, 0.1) is 33.0 Å². The van der Waals surface area contributed by atoms with E-state index in [-0.39, 0.29) is 0 Å². The maximum absolute atomic E-state index is 11.5. The van der Waals surface area contributed by atoms with Gasteiger partial charge in [0, 0.05) is 0 Å². The van der Waals surface area contributed by atoms with Gasteiger partial charge in [-0.05, 0) is 24.1 Å². The standard InChI is InChI=1S/C12H15NO2S/c1-2-3-4-11(14)9-5-6-10-12(7-9)16(15)8-13-10/h5-8,11,14H,2-4H2,1H3. The molecule has 1 aliphatic heterocycles. The third-order valence-corrected chi connectivity index (χ3v) is 3.76. The van der Waals surface area contributed by atoms with Gasteiger partial charge in [0.15, 0.2) is 0 Å². The highest BCUT2D eigenvalue weighted by Gasteiger charge is 2.16. The number of hydrogen-bond donors (Lipinski definition) is 1. The molecule has 0 saturated heterocycles. The van der Waals surface area contributed by atoms with Crippen molar-refractivity contribution in [1.82, 2.24) is 0 Å². The summed E-state index contributed by atoms with van der Waals surface area (Å²) in [5, 5.41) is 9.93. The van der Waals surface area contributed by atoms with Crippen LogP contribution in [0.5, 0.6) is 0 Å². The third-order valence-electron chi connectivity index (χ3n) is 2.70. The molecule has 1 aromatic rings. The first kappa shape index (κ1) is 11.5. The second kappa shape index (κ2) is 4.89. The summed E-state index contributed by atoms with van der Waals surface area (Å²) in [6, 6.07) is 5.49. The summed E-state index contributed by atoms with van der Waals surface area (Å²) in [6.45, 7) is 2.10. The first-order valence-corrected chi connectivity index (χ1v) is 6.70. The van der Waals surface area contributed by atoms with Crippen LogP contribution in [0.1, 0.15) is 37.9 Å². The van der Waals surface area contributed by atoms with Gasteiger partial charge in [0.2, 0.25) is 0 Å². The van der Waals surface area contributed by atoms with Crippen LogP contribution in [0.2, 0.25) is 0 Å². The summed E-state index contributed by atoms with van der Waals surface area (Å²) in [5.74, 6) is 0. The number of aliphatic imine (C=N–C) groups is 1. The Bertz CT molecular complexity index is 443. The molecule has 3 nitrogen and oxygen atoms in total. The average molecular weight is 237 g/mol. The lowest BCUT2D eigenvalue weighted by atomic mass is 10.0. The maximum Gasteiger partial charge on any atom is 0.0984 e. The van der Waals surface area contributed by atoms with Crippen LogP contribution in [0.3, 0.4) is 0 Å². The Morgan fingerprint density at radius 2 is 2.31 bits per heavy atom.